The van der Waals surface area contributed by atoms with Crippen LogP contribution in [0.1, 0.15) is 38.1 Å². The van der Waals surface area contributed by atoms with Gasteiger partial charge in [0.2, 0.25) is 5.91 Å². The highest BCUT2D eigenvalue weighted by Gasteiger charge is 2.34. The minimum Gasteiger partial charge on any atom is -0.493 e. The number of hydrogen-bond donors (Lipinski definition) is 0. The lowest BCUT2D eigenvalue weighted by molar-refractivity contribution is -0.133. The highest BCUT2D eigenvalue weighted by molar-refractivity contribution is 7.99. The van der Waals surface area contributed by atoms with Crippen molar-refractivity contribution in [3.63, 3.8) is 0 Å². The highest BCUT2D eigenvalue weighted by Crippen LogP contribution is 2.45. The third-order valence-electron chi connectivity index (χ3n) is 3.59. The van der Waals surface area contributed by atoms with Gasteiger partial charge in [-0.05, 0) is 11.5 Å². The SMILES string of the molecule is COc1cccc(C2SCCN2C(=O)CC(C)(C)C)c1OC. The maximum atomic E-state index is 12.6. The molecule has 0 N–H and O–H groups in total. The molecule has 1 atom stereocenters. The van der Waals surface area contributed by atoms with Crippen LogP contribution in [0.5, 0.6) is 11.5 Å². The van der Waals surface area contributed by atoms with Crippen molar-refractivity contribution in [2.75, 3.05) is 26.5 Å². The largest absolute Gasteiger partial charge is 0.493 e. The van der Waals surface area contributed by atoms with Crippen molar-refractivity contribution >= 4 is 17.7 Å². The van der Waals surface area contributed by atoms with E-state index in [-0.39, 0.29) is 16.7 Å². The van der Waals surface area contributed by atoms with E-state index in [1.807, 2.05) is 23.1 Å². The number of carbonyl (C=O) groups is 1. The topological polar surface area (TPSA) is 38.8 Å². The van der Waals surface area contributed by atoms with Crippen LogP contribution in [0.25, 0.3) is 0 Å². The normalized spacial score (nSPS) is 18.4. The quantitative estimate of drug-likeness (QED) is 0.846. The van der Waals surface area contributed by atoms with Crippen molar-refractivity contribution in [3.05, 3.63) is 23.8 Å². The number of benzene rings is 1. The molecule has 122 valence electrons. The van der Waals surface area contributed by atoms with E-state index >= 15 is 0 Å². The number of ether oxygens (including phenoxy) is 2. The van der Waals surface area contributed by atoms with Gasteiger partial charge in [0.1, 0.15) is 5.37 Å². The minimum absolute atomic E-state index is 0.0000926. The van der Waals surface area contributed by atoms with Crippen molar-refractivity contribution < 1.29 is 14.3 Å². The molecule has 0 aromatic heterocycles. The van der Waals surface area contributed by atoms with E-state index in [1.54, 1.807) is 26.0 Å². The van der Waals surface area contributed by atoms with Crippen LogP contribution in [0.3, 0.4) is 0 Å². The van der Waals surface area contributed by atoms with Crippen LogP contribution in [0.2, 0.25) is 0 Å². The van der Waals surface area contributed by atoms with E-state index in [2.05, 4.69) is 20.8 Å². The number of hydrogen-bond acceptors (Lipinski definition) is 4. The van der Waals surface area contributed by atoms with Gasteiger partial charge in [0.25, 0.3) is 0 Å². The fourth-order valence-electron chi connectivity index (χ4n) is 2.64. The third kappa shape index (κ3) is 3.69. The van der Waals surface area contributed by atoms with Crippen molar-refractivity contribution in [3.8, 4) is 11.5 Å². The molecule has 0 radical (unpaired) electrons. The molecule has 1 aromatic rings. The zero-order valence-corrected chi connectivity index (χ0v) is 14.8. The van der Waals surface area contributed by atoms with Crippen molar-refractivity contribution in [1.82, 2.24) is 4.90 Å². The molecule has 1 saturated heterocycles. The molecule has 0 spiro atoms. The van der Waals surface area contributed by atoms with Crippen LogP contribution in [0.4, 0.5) is 0 Å². The Morgan fingerprint density at radius 2 is 2.05 bits per heavy atom. The second kappa shape index (κ2) is 6.82. The molecular formula is C17H25NO3S. The summed E-state index contributed by atoms with van der Waals surface area (Å²) in [4.78, 5) is 14.6. The van der Waals surface area contributed by atoms with Gasteiger partial charge >= 0.3 is 0 Å². The van der Waals surface area contributed by atoms with E-state index in [4.69, 9.17) is 9.47 Å². The Morgan fingerprint density at radius 3 is 2.64 bits per heavy atom. The Bertz CT molecular complexity index is 539. The summed E-state index contributed by atoms with van der Waals surface area (Å²) in [5, 5.41) is -0.0000926. The molecule has 0 aliphatic carbocycles. The van der Waals surface area contributed by atoms with Crippen molar-refractivity contribution in [2.24, 2.45) is 5.41 Å². The molecule has 0 bridgehead atoms. The zero-order chi connectivity index (χ0) is 16.3. The van der Waals surface area contributed by atoms with E-state index in [9.17, 15) is 4.79 Å². The van der Waals surface area contributed by atoms with E-state index in [0.29, 0.717) is 12.2 Å². The summed E-state index contributed by atoms with van der Waals surface area (Å²) in [6.07, 6.45) is 0.552. The Kier molecular flexibility index (Phi) is 5.27. The average molecular weight is 323 g/mol. The molecular weight excluding hydrogens is 298 g/mol. The molecule has 1 heterocycles. The number of thioether (sulfide) groups is 1. The van der Waals surface area contributed by atoms with E-state index in [1.165, 1.54) is 0 Å². The van der Waals surface area contributed by atoms with Crippen molar-refractivity contribution in [2.45, 2.75) is 32.6 Å². The summed E-state index contributed by atoms with van der Waals surface area (Å²) < 4.78 is 10.9. The van der Waals surface area contributed by atoms with Gasteiger partial charge in [-0.15, -0.1) is 11.8 Å². The Morgan fingerprint density at radius 1 is 1.32 bits per heavy atom. The predicted octanol–water partition coefficient (Wildman–Crippen LogP) is 3.71. The molecule has 1 aromatic carbocycles. The van der Waals surface area contributed by atoms with Gasteiger partial charge in [-0.1, -0.05) is 32.9 Å². The van der Waals surface area contributed by atoms with Crippen molar-refractivity contribution in [1.29, 1.82) is 0 Å². The van der Waals surface area contributed by atoms with Gasteiger partial charge < -0.3 is 14.4 Å². The van der Waals surface area contributed by atoms with E-state index in [0.717, 1.165) is 23.6 Å². The molecule has 1 aliphatic heterocycles. The molecule has 2 rings (SSSR count). The van der Waals surface area contributed by atoms with Gasteiger partial charge in [-0.25, -0.2) is 0 Å². The lowest BCUT2D eigenvalue weighted by Crippen LogP contribution is -2.33. The molecule has 1 amide bonds. The number of nitrogens with zero attached hydrogens (tertiary/aromatic N) is 1. The maximum Gasteiger partial charge on any atom is 0.224 e. The van der Waals surface area contributed by atoms with Crippen LogP contribution >= 0.6 is 11.8 Å². The van der Waals surface area contributed by atoms with Gasteiger partial charge in [-0.3, -0.25) is 4.79 Å². The summed E-state index contributed by atoms with van der Waals surface area (Å²) in [6.45, 7) is 7.06. The fraction of sp³-hybridized carbons (Fsp3) is 0.588. The predicted molar refractivity (Wildman–Crippen MR) is 90.5 cm³/mol. The van der Waals surface area contributed by atoms with Crippen LogP contribution in [0.15, 0.2) is 18.2 Å². The number of para-hydroxylation sites is 1. The minimum atomic E-state index is -0.00659. The van der Waals surface area contributed by atoms with Gasteiger partial charge in [-0.2, -0.15) is 0 Å². The lowest BCUT2D eigenvalue weighted by atomic mass is 9.91. The monoisotopic (exact) mass is 323 g/mol. The lowest BCUT2D eigenvalue weighted by Gasteiger charge is -2.28. The van der Waals surface area contributed by atoms with E-state index < -0.39 is 0 Å². The second-order valence-corrected chi connectivity index (χ2v) is 7.82. The standard InChI is InChI=1S/C17H25NO3S/c1-17(2,3)11-14(19)18-9-10-22-16(18)12-7-6-8-13(20-4)15(12)21-5/h6-8,16H,9-11H2,1-5H3. The third-order valence-corrected chi connectivity index (χ3v) is 4.83. The highest BCUT2D eigenvalue weighted by atomic mass is 32.2. The fourth-order valence-corrected chi connectivity index (χ4v) is 3.94. The Hall–Kier alpha value is -1.36. The Balaban J connectivity index is 2.29. The summed E-state index contributed by atoms with van der Waals surface area (Å²) in [5.74, 6) is 2.57. The molecule has 1 fully saturated rings. The second-order valence-electron chi connectivity index (χ2n) is 6.63. The van der Waals surface area contributed by atoms with Crippen LogP contribution in [0, 0.1) is 5.41 Å². The maximum absolute atomic E-state index is 12.6. The van der Waals surface area contributed by atoms with Crippen LogP contribution in [-0.4, -0.2) is 37.3 Å². The van der Waals surface area contributed by atoms with Crippen LogP contribution in [-0.2, 0) is 4.79 Å². The van der Waals surface area contributed by atoms with Crippen LogP contribution < -0.4 is 9.47 Å². The number of carbonyl (C=O) groups excluding carboxylic acids is 1. The molecule has 5 heteroatoms. The molecule has 4 nitrogen and oxygen atoms in total. The van der Waals surface area contributed by atoms with Gasteiger partial charge in [0.05, 0.1) is 14.2 Å². The number of methoxy groups -OCH3 is 2. The first-order valence-electron chi connectivity index (χ1n) is 7.49. The summed E-state index contributed by atoms with van der Waals surface area (Å²) in [6, 6.07) is 5.84. The zero-order valence-electron chi connectivity index (χ0n) is 14.0. The first-order chi connectivity index (χ1) is 10.4. The molecule has 22 heavy (non-hydrogen) atoms. The molecule has 1 aliphatic rings. The Labute approximate surface area is 137 Å². The molecule has 1 unspecified atom stereocenters. The van der Waals surface area contributed by atoms with Gasteiger partial charge in [0, 0.05) is 24.3 Å². The summed E-state index contributed by atoms with van der Waals surface area (Å²) in [5.41, 5.74) is 1.000. The first-order valence-corrected chi connectivity index (χ1v) is 8.54. The summed E-state index contributed by atoms with van der Waals surface area (Å²) in [7, 11) is 3.27. The summed E-state index contributed by atoms with van der Waals surface area (Å²) >= 11 is 1.78. The number of rotatable bonds is 4. The smallest absolute Gasteiger partial charge is 0.224 e. The first kappa shape index (κ1) is 17.0. The molecule has 0 saturated carbocycles. The van der Waals surface area contributed by atoms with Gasteiger partial charge in [0.15, 0.2) is 11.5 Å². The average Bonchev–Trinajstić information content (AvgIpc) is 2.93. The number of amides is 1.